The molecular weight excluding hydrogens is 281 g/mol. The van der Waals surface area contributed by atoms with Crippen LogP contribution in [-0.2, 0) is 0 Å². The molecule has 2 atom stereocenters. The topological polar surface area (TPSA) is 24.5 Å². The van der Waals surface area contributed by atoms with E-state index in [1.807, 2.05) is 6.92 Å². The third-order valence-corrected chi connectivity index (χ3v) is 3.82. The number of halogens is 3. The third kappa shape index (κ3) is 5.21. The first-order valence-electron chi connectivity index (χ1n) is 7.11. The molecule has 2 unspecified atom stereocenters. The molecule has 1 fully saturated rings. The molecule has 0 spiro atoms. The van der Waals surface area contributed by atoms with E-state index in [1.54, 1.807) is 12.1 Å². The van der Waals surface area contributed by atoms with Gasteiger partial charge in [0.2, 0.25) is 0 Å². The van der Waals surface area contributed by atoms with Crippen molar-refractivity contribution in [3.63, 3.8) is 0 Å². The van der Waals surface area contributed by atoms with Crippen LogP contribution in [0.25, 0.3) is 0 Å². The van der Waals surface area contributed by atoms with Gasteiger partial charge in [0, 0.05) is 12.6 Å². The van der Waals surface area contributed by atoms with E-state index in [-0.39, 0.29) is 11.8 Å². The van der Waals surface area contributed by atoms with Gasteiger partial charge in [0.25, 0.3) is 0 Å². The first-order chi connectivity index (χ1) is 9.83. The molecule has 1 aromatic rings. The number of rotatable bonds is 5. The highest BCUT2D eigenvalue weighted by Crippen LogP contribution is 2.24. The van der Waals surface area contributed by atoms with E-state index in [0.717, 1.165) is 25.2 Å². The number of hydrogen-bond acceptors (Lipinski definition) is 3. The van der Waals surface area contributed by atoms with Crippen molar-refractivity contribution >= 4 is 0 Å². The van der Waals surface area contributed by atoms with Crippen molar-refractivity contribution in [1.29, 1.82) is 0 Å². The third-order valence-electron chi connectivity index (χ3n) is 3.82. The fraction of sp³-hybridized carbons (Fsp3) is 0.600. The van der Waals surface area contributed by atoms with Gasteiger partial charge in [-0.25, -0.2) is 0 Å². The van der Waals surface area contributed by atoms with Gasteiger partial charge in [-0.05, 0) is 57.1 Å². The molecule has 1 N–H and O–H groups in total. The van der Waals surface area contributed by atoms with Crippen molar-refractivity contribution in [2.75, 3.05) is 26.7 Å². The monoisotopic (exact) mass is 302 g/mol. The number of alkyl halides is 3. The summed E-state index contributed by atoms with van der Waals surface area (Å²) in [6, 6.07) is 6.14. The van der Waals surface area contributed by atoms with Crippen molar-refractivity contribution in [1.82, 2.24) is 10.2 Å². The lowest BCUT2D eigenvalue weighted by Crippen LogP contribution is -2.27. The number of ether oxygens (including phenoxy) is 1. The van der Waals surface area contributed by atoms with Crippen molar-refractivity contribution in [3.05, 3.63) is 29.8 Å². The molecule has 0 amide bonds. The highest BCUT2D eigenvalue weighted by molar-refractivity contribution is 5.29. The maximum atomic E-state index is 12.1. The summed E-state index contributed by atoms with van der Waals surface area (Å²) in [6.07, 6.45) is -3.45. The van der Waals surface area contributed by atoms with Gasteiger partial charge < -0.3 is 15.0 Å². The van der Waals surface area contributed by atoms with E-state index in [4.69, 9.17) is 0 Å². The number of likely N-dealkylation sites (tertiary alicyclic amines) is 1. The SMILES string of the molecule is CC(NCC1CCN(C)C1)c1ccc(OC(F)(F)F)cc1. The second-order valence-electron chi connectivity index (χ2n) is 5.66. The Morgan fingerprint density at radius 3 is 2.52 bits per heavy atom. The summed E-state index contributed by atoms with van der Waals surface area (Å²) in [6.45, 7) is 5.16. The summed E-state index contributed by atoms with van der Waals surface area (Å²) in [7, 11) is 2.11. The predicted octanol–water partition coefficient (Wildman–Crippen LogP) is 3.19. The van der Waals surface area contributed by atoms with Crippen molar-refractivity contribution < 1.29 is 17.9 Å². The Kier molecular flexibility index (Phi) is 5.11. The first-order valence-corrected chi connectivity index (χ1v) is 7.11. The summed E-state index contributed by atoms with van der Waals surface area (Å²) in [5.74, 6) is 0.459. The molecule has 0 radical (unpaired) electrons. The van der Waals surface area contributed by atoms with Gasteiger partial charge in [0.15, 0.2) is 0 Å². The number of benzene rings is 1. The van der Waals surface area contributed by atoms with E-state index >= 15 is 0 Å². The Labute approximate surface area is 123 Å². The highest BCUT2D eigenvalue weighted by atomic mass is 19.4. The van der Waals surface area contributed by atoms with Gasteiger partial charge in [0.1, 0.15) is 5.75 Å². The smallest absolute Gasteiger partial charge is 0.406 e. The molecule has 0 aromatic heterocycles. The molecule has 21 heavy (non-hydrogen) atoms. The molecule has 1 heterocycles. The predicted molar refractivity (Wildman–Crippen MR) is 75.1 cm³/mol. The molecular formula is C15H21F3N2O. The van der Waals surface area contributed by atoms with Gasteiger partial charge in [-0.1, -0.05) is 12.1 Å². The molecule has 1 aliphatic heterocycles. The zero-order valence-corrected chi connectivity index (χ0v) is 12.3. The van der Waals surface area contributed by atoms with Crippen LogP contribution in [0.5, 0.6) is 5.75 Å². The average molecular weight is 302 g/mol. The second kappa shape index (κ2) is 6.66. The minimum atomic E-state index is -4.64. The van der Waals surface area contributed by atoms with Crippen molar-refractivity contribution in [2.45, 2.75) is 25.7 Å². The van der Waals surface area contributed by atoms with Gasteiger partial charge in [-0.3, -0.25) is 0 Å². The van der Waals surface area contributed by atoms with Crippen LogP contribution in [0.4, 0.5) is 13.2 Å². The minimum Gasteiger partial charge on any atom is -0.406 e. The summed E-state index contributed by atoms with van der Waals surface area (Å²) in [4.78, 5) is 2.31. The van der Waals surface area contributed by atoms with Crippen LogP contribution in [0.15, 0.2) is 24.3 Å². The molecule has 0 bridgehead atoms. The summed E-state index contributed by atoms with van der Waals surface area (Å²) in [5.41, 5.74) is 0.955. The fourth-order valence-electron chi connectivity index (χ4n) is 2.61. The Morgan fingerprint density at radius 1 is 1.33 bits per heavy atom. The van der Waals surface area contributed by atoms with Gasteiger partial charge in [-0.15, -0.1) is 13.2 Å². The number of nitrogens with zero attached hydrogens (tertiary/aromatic N) is 1. The Hall–Kier alpha value is -1.27. The van der Waals surface area contributed by atoms with E-state index in [2.05, 4.69) is 22.0 Å². The van der Waals surface area contributed by atoms with E-state index in [1.165, 1.54) is 18.6 Å². The molecule has 1 aliphatic rings. The van der Waals surface area contributed by atoms with E-state index in [9.17, 15) is 13.2 Å². The quantitative estimate of drug-likeness (QED) is 0.904. The molecule has 1 saturated heterocycles. The fourth-order valence-corrected chi connectivity index (χ4v) is 2.61. The lowest BCUT2D eigenvalue weighted by molar-refractivity contribution is -0.274. The van der Waals surface area contributed by atoms with Crippen LogP contribution < -0.4 is 10.1 Å². The summed E-state index contributed by atoms with van der Waals surface area (Å²) < 4.78 is 40.1. The van der Waals surface area contributed by atoms with E-state index in [0.29, 0.717) is 5.92 Å². The largest absolute Gasteiger partial charge is 0.573 e. The maximum absolute atomic E-state index is 12.1. The first kappa shape index (κ1) is 16.1. The van der Waals surface area contributed by atoms with Crippen molar-refractivity contribution in [2.24, 2.45) is 5.92 Å². The standard InChI is InChI=1S/C15H21F3N2O/c1-11(19-9-12-7-8-20(2)10-12)13-3-5-14(6-4-13)21-15(16,17)18/h3-6,11-12,19H,7-10H2,1-2H3. The van der Waals surface area contributed by atoms with Crippen molar-refractivity contribution in [3.8, 4) is 5.75 Å². The maximum Gasteiger partial charge on any atom is 0.573 e. The van der Waals surface area contributed by atoms with Crippen LogP contribution in [0.1, 0.15) is 24.9 Å². The number of nitrogens with one attached hydrogen (secondary N) is 1. The Morgan fingerprint density at radius 2 is 2.00 bits per heavy atom. The lowest BCUT2D eigenvalue weighted by atomic mass is 10.1. The normalized spacial score (nSPS) is 21.5. The number of hydrogen-bond donors (Lipinski definition) is 1. The van der Waals surface area contributed by atoms with Gasteiger partial charge >= 0.3 is 6.36 Å². The lowest BCUT2D eigenvalue weighted by Gasteiger charge is -2.18. The van der Waals surface area contributed by atoms with Crippen LogP contribution >= 0.6 is 0 Å². The van der Waals surface area contributed by atoms with Gasteiger partial charge in [0.05, 0.1) is 0 Å². The highest BCUT2D eigenvalue weighted by Gasteiger charge is 2.31. The van der Waals surface area contributed by atoms with Crippen LogP contribution in [0.2, 0.25) is 0 Å². The molecule has 2 rings (SSSR count). The zero-order valence-electron chi connectivity index (χ0n) is 12.3. The van der Waals surface area contributed by atoms with Crippen LogP contribution in [0, 0.1) is 5.92 Å². The molecule has 6 heteroatoms. The Balaban J connectivity index is 1.83. The van der Waals surface area contributed by atoms with Gasteiger partial charge in [-0.2, -0.15) is 0 Å². The zero-order chi connectivity index (χ0) is 15.5. The second-order valence-corrected chi connectivity index (χ2v) is 5.66. The molecule has 1 aromatic carbocycles. The Bertz CT molecular complexity index is 447. The molecule has 0 aliphatic carbocycles. The minimum absolute atomic E-state index is 0.107. The molecule has 3 nitrogen and oxygen atoms in total. The molecule has 0 saturated carbocycles. The van der Waals surface area contributed by atoms with Crippen LogP contribution in [0.3, 0.4) is 0 Å². The van der Waals surface area contributed by atoms with Crippen LogP contribution in [-0.4, -0.2) is 37.9 Å². The van der Waals surface area contributed by atoms with E-state index < -0.39 is 6.36 Å². The average Bonchev–Trinajstić information content (AvgIpc) is 2.81. The summed E-state index contributed by atoms with van der Waals surface area (Å²) >= 11 is 0. The summed E-state index contributed by atoms with van der Waals surface area (Å²) in [5, 5.41) is 3.44. The molecule has 118 valence electrons.